The quantitative estimate of drug-likeness (QED) is 0.741. The minimum atomic E-state index is -0.287. The fourth-order valence-corrected chi connectivity index (χ4v) is 3.05. The van der Waals surface area contributed by atoms with E-state index in [-0.39, 0.29) is 16.6 Å². The Labute approximate surface area is 123 Å². The van der Waals surface area contributed by atoms with Crippen LogP contribution in [0.15, 0.2) is 35.3 Å². The molecule has 0 aliphatic carbocycles. The topological polar surface area (TPSA) is 58.7 Å². The van der Waals surface area contributed by atoms with Crippen LogP contribution in [-0.4, -0.2) is 27.2 Å². The van der Waals surface area contributed by atoms with E-state index in [4.69, 9.17) is 18.0 Å². The van der Waals surface area contributed by atoms with Crippen LogP contribution in [0, 0.1) is 0 Å². The fraction of sp³-hybridized carbons (Fsp3) is 0.267. The molecular formula is C15H15N3OS. The van der Waals surface area contributed by atoms with Crippen molar-refractivity contribution in [3.05, 3.63) is 41.5 Å². The van der Waals surface area contributed by atoms with Crippen LogP contribution in [0.2, 0.25) is 0 Å². The summed E-state index contributed by atoms with van der Waals surface area (Å²) in [5.74, 6) is -0.132. The molecule has 0 saturated carbocycles. The van der Waals surface area contributed by atoms with Crippen LogP contribution in [0.25, 0.3) is 5.70 Å². The first-order valence-corrected chi connectivity index (χ1v) is 6.84. The van der Waals surface area contributed by atoms with Gasteiger partial charge < -0.3 is 10.6 Å². The predicted molar refractivity (Wildman–Crippen MR) is 83.3 cm³/mol. The highest BCUT2D eigenvalue weighted by Gasteiger charge is 2.44. The molecule has 4 nitrogen and oxygen atoms in total. The molecule has 0 fully saturated rings. The molecule has 0 atom stereocenters. The molecule has 20 heavy (non-hydrogen) atoms. The van der Waals surface area contributed by atoms with E-state index in [1.807, 2.05) is 18.2 Å². The molecule has 0 bridgehead atoms. The van der Waals surface area contributed by atoms with E-state index in [9.17, 15) is 4.79 Å². The summed E-state index contributed by atoms with van der Waals surface area (Å²) >= 11 is 4.78. The van der Waals surface area contributed by atoms with Crippen LogP contribution in [0.1, 0.15) is 25.0 Å². The molecule has 1 aromatic rings. The van der Waals surface area contributed by atoms with E-state index in [2.05, 4.69) is 24.9 Å². The normalized spacial score (nSPS) is 21.5. The first-order chi connectivity index (χ1) is 9.40. The second-order valence-corrected chi connectivity index (χ2v) is 6.07. The van der Waals surface area contributed by atoms with Crippen LogP contribution in [0.3, 0.4) is 0 Å². The third-order valence-corrected chi connectivity index (χ3v) is 3.78. The summed E-state index contributed by atoms with van der Waals surface area (Å²) in [6.07, 6.45) is 2.59. The summed E-state index contributed by atoms with van der Waals surface area (Å²) in [5, 5.41) is -0.0175. The second kappa shape index (κ2) is 4.24. The smallest absolute Gasteiger partial charge is 0.277 e. The monoisotopic (exact) mass is 285 g/mol. The first-order valence-electron chi connectivity index (χ1n) is 6.43. The lowest BCUT2D eigenvalue weighted by Crippen LogP contribution is -2.49. The van der Waals surface area contributed by atoms with Crippen molar-refractivity contribution < 1.29 is 4.79 Å². The minimum absolute atomic E-state index is 0.0175. The average molecular weight is 285 g/mol. The van der Waals surface area contributed by atoms with Crippen molar-refractivity contribution in [1.82, 2.24) is 4.90 Å². The molecule has 2 N–H and O–H groups in total. The third-order valence-electron chi connectivity index (χ3n) is 3.69. The first kappa shape index (κ1) is 13.0. The molecule has 0 radical (unpaired) electrons. The number of hydrogen-bond acceptors (Lipinski definition) is 2. The van der Waals surface area contributed by atoms with Crippen molar-refractivity contribution in [2.45, 2.75) is 25.8 Å². The Morgan fingerprint density at radius 3 is 2.80 bits per heavy atom. The van der Waals surface area contributed by atoms with Crippen LogP contribution in [-0.2, 0) is 11.2 Å². The Morgan fingerprint density at radius 1 is 1.40 bits per heavy atom. The van der Waals surface area contributed by atoms with Crippen molar-refractivity contribution in [2.24, 2.45) is 10.7 Å². The van der Waals surface area contributed by atoms with Gasteiger partial charge in [0.25, 0.3) is 5.91 Å². The molecular weight excluding hydrogens is 270 g/mol. The SMILES string of the molecule is CC1(C)Cc2ccccc2C2=C/C(=N/C(N)=S)C(=O)N21. The van der Waals surface area contributed by atoms with E-state index in [0.29, 0.717) is 5.71 Å². The number of rotatable bonds is 0. The van der Waals surface area contributed by atoms with Crippen molar-refractivity contribution in [1.29, 1.82) is 0 Å². The molecule has 102 valence electrons. The predicted octanol–water partition coefficient (Wildman–Crippen LogP) is 1.89. The Bertz CT molecular complexity index is 688. The Balaban J connectivity index is 2.20. The summed E-state index contributed by atoms with van der Waals surface area (Å²) in [4.78, 5) is 18.3. The Morgan fingerprint density at radius 2 is 2.10 bits per heavy atom. The number of aliphatic imine (C=N–C) groups is 1. The number of benzene rings is 1. The number of nitrogens with two attached hydrogens (primary N) is 1. The van der Waals surface area contributed by atoms with Gasteiger partial charge in [-0.25, -0.2) is 4.99 Å². The number of hydrogen-bond donors (Lipinski definition) is 1. The van der Waals surface area contributed by atoms with Gasteiger partial charge in [0.15, 0.2) is 5.11 Å². The number of carbonyl (C=O) groups excluding carboxylic acids is 1. The van der Waals surface area contributed by atoms with Crippen LogP contribution in [0.4, 0.5) is 0 Å². The van der Waals surface area contributed by atoms with E-state index >= 15 is 0 Å². The highest BCUT2D eigenvalue weighted by atomic mass is 32.1. The average Bonchev–Trinajstić information content (AvgIpc) is 2.67. The largest absolute Gasteiger partial charge is 0.374 e. The second-order valence-electron chi connectivity index (χ2n) is 5.65. The molecule has 2 heterocycles. The van der Waals surface area contributed by atoms with Gasteiger partial charge in [0, 0.05) is 11.1 Å². The molecule has 0 spiro atoms. The molecule has 5 heteroatoms. The summed E-state index contributed by atoms with van der Waals surface area (Å²) < 4.78 is 0. The van der Waals surface area contributed by atoms with Gasteiger partial charge in [-0.3, -0.25) is 4.79 Å². The lowest BCUT2D eigenvalue weighted by molar-refractivity contribution is -0.124. The van der Waals surface area contributed by atoms with E-state index in [1.165, 1.54) is 5.56 Å². The van der Waals surface area contributed by atoms with Crippen LogP contribution >= 0.6 is 12.2 Å². The van der Waals surface area contributed by atoms with Crippen molar-refractivity contribution in [2.75, 3.05) is 0 Å². The molecule has 1 aromatic carbocycles. The third kappa shape index (κ3) is 1.86. The number of thiocarbonyl (C=S) groups is 1. The zero-order valence-electron chi connectivity index (χ0n) is 11.4. The number of amides is 1. The van der Waals surface area contributed by atoms with Gasteiger partial charge in [-0.2, -0.15) is 0 Å². The molecule has 2 aliphatic rings. The van der Waals surface area contributed by atoms with Gasteiger partial charge in [-0.05, 0) is 44.1 Å². The number of carbonyl (C=O) groups is 1. The van der Waals surface area contributed by atoms with Gasteiger partial charge in [0.1, 0.15) is 5.71 Å². The maximum Gasteiger partial charge on any atom is 0.277 e. The van der Waals surface area contributed by atoms with Gasteiger partial charge in [0.05, 0.1) is 5.70 Å². The van der Waals surface area contributed by atoms with Crippen molar-refractivity contribution in [3.8, 4) is 0 Å². The molecule has 0 saturated heterocycles. The van der Waals surface area contributed by atoms with E-state index < -0.39 is 0 Å². The zero-order valence-corrected chi connectivity index (χ0v) is 12.2. The molecule has 1 amide bonds. The Hall–Kier alpha value is -2.01. The fourth-order valence-electron chi connectivity index (χ4n) is 2.95. The van der Waals surface area contributed by atoms with Crippen molar-refractivity contribution >= 4 is 34.6 Å². The van der Waals surface area contributed by atoms with E-state index in [1.54, 1.807) is 11.0 Å². The van der Waals surface area contributed by atoms with Crippen molar-refractivity contribution in [3.63, 3.8) is 0 Å². The molecule has 3 rings (SSSR count). The minimum Gasteiger partial charge on any atom is -0.374 e. The standard InChI is InChI=1S/C15H15N3OS/c1-15(2)8-9-5-3-4-6-10(9)12-7-11(17-14(16)20)13(19)18(12)15/h3-7H,8H2,1-2H3,(H2,16,20)/b17-11-. The molecule has 0 aromatic heterocycles. The maximum absolute atomic E-state index is 12.5. The highest BCUT2D eigenvalue weighted by Crippen LogP contribution is 2.40. The van der Waals surface area contributed by atoms with Gasteiger partial charge in [-0.1, -0.05) is 24.3 Å². The number of fused-ring (bicyclic) bond motifs is 3. The van der Waals surface area contributed by atoms with Crippen LogP contribution in [0.5, 0.6) is 0 Å². The van der Waals surface area contributed by atoms with Gasteiger partial charge >= 0.3 is 0 Å². The maximum atomic E-state index is 12.5. The lowest BCUT2D eigenvalue weighted by Gasteiger charge is -2.42. The Kier molecular flexibility index (Phi) is 2.76. The molecule has 2 aliphatic heterocycles. The summed E-state index contributed by atoms with van der Waals surface area (Å²) in [6.45, 7) is 4.11. The van der Waals surface area contributed by atoms with E-state index in [0.717, 1.165) is 17.7 Å². The summed E-state index contributed by atoms with van der Waals surface area (Å²) in [5.41, 5.74) is 8.66. The van der Waals surface area contributed by atoms with Crippen LogP contribution < -0.4 is 5.73 Å². The zero-order chi connectivity index (χ0) is 14.5. The lowest BCUT2D eigenvalue weighted by atomic mass is 9.84. The van der Waals surface area contributed by atoms with Gasteiger partial charge in [0.2, 0.25) is 0 Å². The highest BCUT2D eigenvalue weighted by molar-refractivity contribution is 7.80. The molecule has 0 unspecified atom stereocenters. The number of nitrogens with zero attached hydrogens (tertiary/aromatic N) is 2. The summed E-state index contributed by atoms with van der Waals surface area (Å²) in [7, 11) is 0. The van der Waals surface area contributed by atoms with Gasteiger partial charge in [-0.15, -0.1) is 0 Å². The summed E-state index contributed by atoms with van der Waals surface area (Å²) in [6, 6.07) is 8.12.